The Morgan fingerprint density at radius 1 is 1.53 bits per heavy atom. The molecule has 0 amide bonds. The quantitative estimate of drug-likeness (QED) is 0.685. The first-order chi connectivity index (χ1) is 7.03. The Kier molecular flexibility index (Phi) is 3.96. The van der Waals surface area contributed by atoms with E-state index in [1.807, 2.05) is 0 Å². The van der Waals surface area contributed by atoms with Crippen LogP contribution in [0.25, 0.3) is 0 Å². The summed E-state index contributed by atoms with van der Waals surface area (Å²) in [5, 5.41) is 0. The summed E-state index contributed by atoms with van der Waals surface area (Å²) in [7, 11) is -3.34. The van der Waals surface area contributed by atoms with Crippen LogP contribution in [0.2, 0.25) is 0 Å². The Bertz CT molecular complexity index is 414. The molecule has 0 saturated heterocycles. The number of rotatable bonds is 5. The molecule has 0 aliphatic carbocycles. The van der Waals surface area contributed by atoms with Gasteiger partial charge in [0.15, 0.2) is 9.84 Å². The second-order valence-electron chi connectivity index (χ2n) is 3.22. The first-order valence-electron chi connectivity index (χ1n) is 4.34. The van der Waals surface area contributed by atoms with E-state index in [1.54, 1.807) is 18.3 Å². The van der Waals surface area contributed by atoms with E-state index in [2.05, 4.69) is 4.98 Å². The average molecular weight is 225 g/mol. The SMILES string of the molecule is [CH][C@H](C=O)CS(=O)(=O)Cc1cccnc1. The molecule has 5 heteroatoms. The van der Waals surface area contributed by atoms with E-state index in [-0.39, 0.29) is 11.5 Å². The summed E-state index contributed by atoms with van der Waals surface area (Å²) in [5.41, 5.74) is 0.593. The lowest BCUT2D eigenvalue weighted by atomic mass is 10.3. The van der Waals surface area contributed by atoms with Crippen LogP contribution in [0.15, 0.2) is 24.5 Å². The van der Waals surface area contributed by atoms with Gasteiger partial charge in [-0.1, -0.05) is 6.07 Å². The van der Waals surface area contributed by atoms with E-state index in [1.165, 1.54) is 6.20 Å². The number of hydrogen-bond acceptors (Lipinski definition) is 4. The minimum Gasteiger partial charge on any atom is -0.303 e. The lowest BCUT2D eigenvalue weighted by molar-refractivity contribution is -0.109. The van der Waals surface area contributed by atoms with Crippen LogP contribution in [0, 0.1) is 12.8 Å². The fourth-order valence-corrected chi connectivity index (χ4v) is 2.59. The maximum atomic E-state index is 11.5. The molecule has 1 aromatic heterocycles. The maximum Gasteiger partial charge on any atom is 0.155 e. The van der Waals surface area contributed by atoms with Crippen molar-refractivity contribution in [2.75, 3.05) is 5.75 Å². The lowest BCUT2D eigenvalue weighted by Crippen LogP contribution is -2.16. The van der Waals surface area contributed by atoms with Crippen molar-refractivity contribution in [1.29, 1.82) is 0 Å². The molecule has 0 aliphatic rings. The van der Waals surface area contributed by atoms with E-state index in [0.717, 1.165) is 0 Å². The first kappa shape index (κ1) is 11.8. The second-order valence-corrected chi connectivity index (χ2v) is 5.32. The third-order valence-electron chi connectivity index (χ3n) is 1.73. The topological polar surface area (TPSA) is 64.1 Å². The van der Waals surface area contributed by atoms with Gasteiger partial charge in [-0.2, -0.15) is 0 Å². The van der Waals surface area contributed by atoms with Crippen LogP contribution in [-0.4, -0.2) is 25.4 Å². The van der Waals surface area contributed by atoms with Crippen molar-refractivity contribution in [3.05, 3.63) is 37.0 Å². The third-order valence-corrected chi connectivity index (χ3v) is 3.40. The molecule has 0 N–H and O–H groups in total. The van der Waals surface area contributed by atoms with E-state index in [0.29, 0.717) is 11.8 Å². The van der Waals surface area contributed by atoms with E-state index < -0.39 is 15.8 Å². The number of carbonyl (C=O) groups is 1. The van der Waals surface area contributed by atoms with Crippen molar-refractivity contribution in [2.45, 2.75) is 5.75 Å². The Hall–Kier alpha value is -1.23. The number of sulfone groups is 1. The highest BCUT2D eigenvalue weighted by Gasteiger charge is 2.16. The number of nitrogens with zero attached hydrogens (tertiary/aromatic N) is 1. The van der Waals surface area contributed by atoms with Gasteiger partial charge in [0.1, 0.15) is 6.29 Å². The fraction of sp³-hybridized carbons (Fsp3) is 0.300. The van der Waals surface area contributed by atoms with Crippen LogP contribution in [0.5, 0.6) is 0 Å². The predicted molar refractivity (Wildman–Crippen MR) is 55.6 cm³/mol. The standard InChI is InChI=1S/C10H11NO3S/c1-9(6-12)7-15(13,14)8-10-3-2-4-11-5-10/h1-6,9H,7-8H2/t9-/m1/s1. The molecule has 0 bridgehead atoms. The van der Waals surface area contributed by atoms with Crippen LogP contribution < -0.4 is 0 Å². The summed E-state index contributed by atoms with van der Waals surface area (Å²) in [5.74, 6) is -1.42. The van der Waals surface area contributed by atoms with E-state index in [4.69, 9.17) is 6.92 Å². The molecule has 0 aromatic carbocycles. The molecule has 4 nitrogen and oxygen atoms in total. The zero-order valence-corrected chi connectivity index (χ0v) is 8.85. The molecule has 0 saturated carbocycles. The largest absolute Gasteiger partial charge is 0.303 e. The number of aromatic nitrogens is 1. The van der Waals surface area contributed by atoms with Crippen molar-refractivity contribution < 1.29 is 13.2 Å². The monoisotopic (exact) mass is 225 g/mol. The van der Waals surface area contributed by atoms with E-state index in [9.17, 15) is 13.2 Å². The van der Waals surface area contributed by atoms with Gasteiger partial charge in [0.05, 0.1) is 11.5 Å². The molecule has 1 atom stereocenters. The minimum absolute atomic E-state index is 0.137. The summed E-state index contributed by atoms with van der Waals surface area (Å²) in [6.07, 6.45) is 3.47. The normalized spacial score (nSPS) is 13.4. The molecular formula is C10H11NO3S. The number of hydrogen-bond donors (Lipinski definition) is 0. The molecule has 0 aliphatic heterocycles. The molecule has 80 valence electrons. The van der Waals surface area contributed by atoms with Gasteiger partial charge < -0.3 is 4.79 Å². The van der Waals surface area contributed by atoms with Crippen molar-refractivity contribution in [1.82, 2.24) is 4.98 Å². The summed E-state index contributed by atoms with van der Waals surface area (Å²) in [6.45, 7) is 5.25. The van der Waals surface area contributed by atoms with Crippen molar-refractivity contribution >= 4 is 16.1 Å². The van der Waals surface area contributed by atoms with Crippen LogP contribution in [0.3, 0.4) is 0 Å². The number of carbonyl (C=O) groups excluding carboxylic acids is 1. The van der Waals surface area contributed by atoms with Crippen molar-refractivity contribution in [2.24, 2.45) is 5.92 Å². The number of pyridine rings is 1. The Morgan fingerprint density at radius 3 is 2.80 bits per heavy atom. The van der Waals surface area contributed by atoms with Crippen molar-refractivity contribution in [3.8, 4) is 0 Å². The van der Waals surface area contributed by atoms with Gasteiger partial charge in [-0.05, 0) is 18.6 Å². The third kappa shape index (κ3) is 4.20. The highest BCUT2D eigenvalue weighted by molar-refractivity contribution is 7.90. The van der Waals surface area contributed by atoms with Crippen LogP contribution in [-0.2, 0) is 20.4 Å². The van der Waals surface area contributed by atoms with Gasteiger partial charge in [0, 0.05) is 18.3 Å². The van der Waals surface area contributed by atoms with Crippen LogP contribution in [0.4, 0.5) is 0 Å². The van der Waals surface area contributed by atoms with Gasteiger partial charge >= 0.3 is 0 Å². The summed E-state index contributed by atoms with van der Waals surface area (Å²) < 4.78 is 23.0. The van der Waals surface area contributed by atoms with Crippen LogP contribution in [0.1, 0.15) is 5.56 Å². The molecule has 0 fully saturated rings. The summed E-state index contributed by atoms with van der Waals surface area (Å²) in [4.78, 5) is 14.0. The molecule has 1 heterocycles. The van der Waals surface area contributed by atoms with Gasteiger partial charge in [-0.3, -0.25) is 4.98 Å². The van der Waals surface area contributed by atoms with Gasteiger partial charge in [-0.15, -0.1) is 0 Å². The molecule has 0 unspecified atom stereocenters. The summed E-state index contributed by atoms with van der Waals surface area (Å²) in [6, 6.07) is 3.32. The van der Waals surface area contributed by atoms with E-state index >= 15 is 0 Å². The van der Waals surface area contributed by atoms with Gasteiger partial charge in [0.25, 0.3) is 0 Å². The number of aldehydes is 1. The molecule has 15 heavy (non-hydrogen) atoms. The highest BCUT2D eigenvalue weighted by atomic mass is 32.2. The zero-order valence-electron chi connectivity index (χ0n) is 8.04. The molecule has 2 radical (unpaired) electrons. The summed E-state index contributed by atoms with van der Waals surface area (Å²) >= 11 is 0. The Balaban J connectivity index is 2.69. The lowest BCUT2D eigenvalue weighted by Gasteiger charge is -2.05. The molecule has 1 aromatic rings. The minimum atomic E-state index is -3.34. The van der Waals surface area contributed by atoms with Gasteiger partial charge in [-0.25, -0.2) is 8.42 Å². The zero-order chi connectivity index (χ0) is 11.3. The Labute approximate surface area is 89.3 Å². The first-order valence-corrected chi connectivity index (χ1v) is 6.16. The predicted octanol–water partition coefficient (Wildman–Crippen LogP) is 0.523. The average Bonchev–Trinajstić information content (AvgIpc) is 2.17. The second kappa shape index (κ2) is 5.02. The van der Waals surface area contributed by atoms with Gasteiger partial charge in [0.2, 0.25) is 0 Å². The van der Waals surface area contributed by atoms with Crippen molar-refractivity contribution in [3.63, 3.8) is 0 Å². The molecule has 1 rings (SSSR count). The highest BCUT2D eigenvalue weighted by Crippen LogP contribution is 2.07. The smallest absolute Gasteiger partial charge is 0.155 e. The fourth-order valence-electron chi connectivity index (χ4n) is 1.13. The molecule has 0 spiro atoms. The van der Waals surface area contributed by atoms with Crippen LogP contribution >= 0.6 is 0 Å². The molecular weight excluding hydrogens is 214 g/mol. The Morgan fingerprint density at radius 2 is 2.27 bits per heavy atom. The maximum absolute atomic E-state index is 11.5.